The molecule has 1 aliphatic heterocycles. The molecule has 0 bridgehead atoms. The number of nitrogens with zero attached hydrogens (tertiary/aromatic N) is 1. The standard InChI is InChI=1S/C20H34N4O5S2/c1-4-7-11-21-18-9-8-17(31(28,29)24(5-2)6-3)13-19(18)22-14-20(25)23-16-10-12-30(26,27)15-16/h8-9,13,16,21-22H,4-7,10-12,14-15H2,1-3H3,(H,23,25). The zero-order chi connectivity index (χ0) is 23.1. The summed E-state index contributed by atoms with van der Waals surface area (Å²) in [5, 5.41) is 9.02. The Morgan fingerprint density at radius 1 is 1.13 bits per heavy atom. The summed E-state index contributed by atoms with van der Waals surface area (Å²) in [5.41, 5.74) is 1.22. The second-order valence-corrected chi connectivity index (χ2v) is 11.8. The molecule has 1 amide bonds. The number of amides is 1. The number of unbranched alkanes of at least 4 members (excludes halogenated alkanes) is 1. The van der Waals surface area contributed by atoms with Gasteiger partial charge in [-0.3, -0.25) is 4.79 Å². The van der Waals surface area contributed by atoms with Gasteiger partial charge in [-0.25, -0.2) is 16.8 Å². The number of rotatable bonds is 12. The highest BCUT2D eigenvalue weighted by Gasteiger charge is 2.29. The van der Waals surface area contributed by atoms with E-state index in [1.54, 1.807) is 26.0 Å². The quantitative estimate of drug-likeness (QED) is 0.393. The molecule has 1 fully saturated rings. The number of carbonyl (C=O) groups excluding carboxylic acids is 1. The van der Waals surface area contributed by atoms with Crippen molar-refractivity contribution in [2.24, 2.45) is 0 Å². The molecule has 0 saturated carbocycles. The molecule has 0 radical (unpaired) electrons. The molecular weight excluding hydrogens is 440 g/mol. The molecule has 1 aliphatic rings. The fourth-order valence-corrected chi connectivity index (χ4v) is 6.62. The van der Waals surface area contributed by atoms with Gasteiger partial charge in [0.05, 0.1) is 34.3 Å². The van der Waals surface area contributed by atoms with E-state index in [-0.39, 0.29) is 34.9 Å². The predicted molar refractivity (Wildman–Crippen MR) is 124 cm³/mol. The summed E-state index contributed by atoms with van der Waals surface area (Å²) >= 11 is 0. The number of nitrogens with one attached hydrogen (secondary N) is 3. The first-order valence-electron chi connectivity index (χ1n) is 10.7. The van der Waals surface area contributed by atoms with E-state index in [0.29, 0.717) is 30.9 Å². The first-order chi connectivity index (χ1) is 14.6. The second kappa shape index (κ2) is 11.1. The third-order valence-corrected chi connectivity index (χ3v) is 9.03. The average molecular weight is 475 g/mol. The Balaban J connectivity index is 2.16. The number of sulfone groups is 1. The van der Waals surface area contributed by atoms with Gasteiger partial charge < -0.3 is 16.0 Å². The third kappa shape index (κ3) is 7.08. The zero-order valence-corrected chi connectivity index (χ0v) is 20.1. The van der Waals surface area contributed by atoms with E-state index in [1.807, 2.05) is 0 Å². The summed E-state index contributed by atoms with van der Waals surface area (Å²) in [7, 11) is -6.72. The SMILES string of the molecule is CCCCNc1ccc(S(=O)(=O)N(CC)CC)cc1NCC(=O)NC1CCS(=O)(=O)C1. The predicted octanol–water partition coefficient (Wildman–Crippen LogP) is 1.64. The molecule has 1 aromatic rings. The van der Waals surface area contributed by atoms with Gasteiger partial charge in [0.25, 0.3) is 0 Å². The lowest BCUT2D eigenvalue weighted by molar-refractivity contribution is -0.119. The Morgan fingerprint density at radius 2 is 1.84 bits per heavy atom. The van der Waals surface area contributed by atoms with Crippen LogP contribution in [0.4, 0.5) is 11.4 Å². The number of benzene rings is 1. The summed E-state index contributed by atoms with van der Waals surface area (Å²) in [6.45, 7) is 7.01. The summed E-state index contributed by atoms with van der Waals surface area (Å²) in [5.74, 6) is -0.291. The number of hydrogen-bond donors (Lipinski definition) is 3. The van der Waals surface area contributed by atoms with Crippen LogP contribution >= 0.6 is 0 Å². The van der Waals surface area contributed by atoms with E-state index in [1.165, 1.54) is 10.4 Å². The molecule has 0 spiro atoms. The van der Waals surface area contributed by atoms with Crippen molar-refractivity contribution < 1.29 is 21.6 Å². The van der Waals surface area contributed by atoms with Crippen molar-refractivity contribution in [1.82, 2.24) is 9.62 Å². The van der Waals surface area contributed by atoms with E-state index in [4.69, 9.17) is 0 Å². The topological polar surface area (TPSA) is 125 Å². The molecule has 3 N–H and O–H groups in total. The average Bonchev–Trinajstić information content (AvgIpc) is 3.05. The minimum Gasteiger partial charge on any atom is -0.383 e. The molecule has 1 aromatic carbocycles. The van der Waals surface area contributed by atoms with Crippen LogP contribution in [-0.4, -0.2) is 70.8 Å². The summed E-state index contributed by atoms with van der Waals surface area (Å²) < 4.78 is 50.3. The van der Waals surface area contributed by atoms with Crippen LogP contribution in [-0.2, 0) is 24.7 Å². The highest BCUT2D eigenvalue weighted by atomic mass is 32.2. The van der Waals surface area contributed by atoms with E-state index < -0.39 is 19.9 Å². The van der Waals surface area contributed by atoms with Gasteiger partial charge in [0.2, 0.25) is 15.9 Å². The normalized spacial score (nSPS) is 18.1. The first kappa shape index (κ1) is 25.4. The molecule has 0 aromatic heterocycles. The maximum atomic E-state index is 12.9. The Kier molecular flexibility index (Phi) is 9.14. The smallest absolute Gasteiger partial charge is 0.243 e. The van der Waals surface area contributed by atoms with Crippen LogP contribution in [0.5, 0.6) is 0 Å². The Bertz CT molecular complexity index is 960. The number of anilines is 2. The lowest BCUT2D eigenvalue weighted by Crippen LogP contribution is -2.39. The summed E-state index contributed by atoms with van der Waals surface area (Å²) in [6.07, 6.45) is 2.38. The summed E-state index contributed by atoms with van der Waals surface area (Å²) in [6, 6.07) is 4.43. The van der Waals surface area contributed by atoms with Crippen molar-refractivity contribution in [3.8, 4) is 0 Å². The highest BCUT2D eigenvalue weighted by molar-refractivity contribution is 7.91. The second-order valence-electron chi connectivity index (χ2n) is 7.60. The van der Waals surface area contributed by atoms with Crippen molar-refractivity contribution in [3.05, 3.63) is 18.2 Å². The molecule has 0 aliphatic carbocycles. The lowest BCUT2D eigenvalue weighted by atomic mass is 10.2. The molecule has 1 saturated heterocycles. The van der Waals surface area contributed by atoms with Crippen LogP contribution in [0.2, 0.25) is 0 Å². The van der Waals surface area contributed by atoms with Crippen molar-refractivity contribution in [1.29, 1.82) is 0 Å². The Morgan fingerprint density at radius 3 is 2.42 bits per heavy atom. The van der Waals surface area contributed by atoms with E-state index in [2.05, 4.69) is 22.9 Å². The van der Waals surface area contributed by atoms with Crippen LogP contribution in [0, 0.1) is 0 Å². The molecule has 31 heavy (non-hydrogen) atoms. The van der Waals surface area contributed by atoms with Crippen molar-refractivity contribution in [2.75, 3.05) is 48.3 Å². The largest absolute Gasteiger partial charge is 0.383 e. The van der Waals surface area contributed by atoms with Gasteiger partial charge in [0.1, 0.15) is 0 Å². The van der Waals surface area contributed by atoms with Crippen molar-refractivity contribution in [3.63, 3.8) is 0 Å². The van der Waals surface area contributed by atoms with Crippen molar-refractivity contribution in [2.45, 2.75) is 51.0 Å². The molecule has 9 nitrogen and oxygen atoms in total. The van der Waals surface area contributed by atoms with E-state index >= 15 is 0 Å². The number of hydrogen-bond acceptors (Lipinski definition) is 7. The molecule has 2 rings (SSSR count). The number of sulfonamides is 1. The van der Waals surface area contributed by atoms with E-state index in [9.17, 15) is 21.6 Å². The maximum absolute atomic E-state index is 12.9. The molecule has 176 valence electrons. The molecule has 11 heteroatoms. The highest BCUT2D eigenvalue weighted by Crippen LogP contribution is 2.27. The lowest BCUT2D eigenvalue weighted by Gasteiger charge is -2.20. The molecule has 1 unspecified atom stereocenters. The summed E-state index contributed by atoms with van der Waals surface area (Å²) in [4.78, 5) is 12.5. The molecular formula is C20H34N4O5S2. The van der Waals surface area contributed by atoms with Gasteiger partial charge in [0, 0.05) is 25.7 Å². The number of carbonyl (C=O) groups is 1. The van der Waals surface area contributed by atoms with Crippen LogP contribution in [0.25, 0.3) is 0 Å². The maximum Gasteiger partial charge on any atom is 0.243 e. The minimum absolute atomic E-state index is 0.0415. The molecule has 1 atom stereocenters. The van der Waals surface area contributed by atoms with Crippen LogP contribution in [0.1, 0.15) is 40.0 Å². The fourth-order valence-electron chi connectivity index (χ4n) is 3.46. The zero-order valence-electron chi connectivity index (χ0n) is 18.5. The van der Waals surface area contributed by atoms with Gasteiger partial charge in [-0.05, 0) is 31.0 Å². The van der Waals surface area contributed by atoms with Crippen LogP contribution < -0.4 is 16.0 Å². The van der Waals surface area contributed by atoms with Crippen molar-refractivity contribution >= 4 is 37.1 Å². The van der Waals surface area contributed by atoms with Gasteiger partial charge in [-0.1, -0.05) is 27.2 Å². The first-order valence-corrected chi connectivity index (χ1v) is 14.0. The molecule has 1 heterocycles. The van der Waals surface area contributed by atoms with Gasteiger partial charge in [-0.2, -0.15) is 4.31 Å². The van der Waals surface area contributed by atoms with Gasteiger partial charge in [-0.15, -0.1) is 0 Å². The van der Waals surface area contributed by atoms with Gasteiger partial charge in [0.15, 0.2) is 9.84 Å². The minimum atomic E-state index is -3.64. The Hall–Kier alpha value is -1.85. The van der Waals surface area contributed by atoms with E-state index in [0.717, 1.165) is 19.4 Å². The monoisotopic (exact) mass is 474 g/mol. The van der Waals surface area contributed by atoms with Crippen LogP contribution in [0.15, 0.2) is 23.1 Å². The van der Waals surface area contributed by atoms with Crippen LogP contribution in [0.3, 0.4) is 0 Å². The Labute approximate surface area is 185 Å². The van der Waals surface area contributed by atoms with Gasteiger partial charge >= 0.3 is 0 Å². The fraction of sp³-hybridized carbons (Fsp3) is 0.650. The third-order valence-electron chi connectivity index (χ3n) is 5.22.